The Morgan fingerprint density at radius 2 is 1.89 bits per heavy atom. The van der Waals surface area contributed by atoms with Gasteiger partial charge in [0.1, 0.15) is 22.9 Å². The summed E-state index contributed by atoms with van der Waals surface area (Å²) in [4.78, 5) is 16.6. The minimum atomic E-state index is -0.290. The molecule has 2 aromatic heterocycles. The van der Waals surface area contributed by atoms with Gasteiger partial charge < -0.3 is 19.5 Å². The highest BCUT2D eigenvalue weighted by molar-refractivity contribution is 6.31. The number of rotatable bonds is 7. The first-order valence-electron chi connectivity index (χ1n) is 8.44. The van der Waals surface area contributed by atoms with Crippen LogP contribution in [0.2, 0.25) is 5.15 Å². The van der Waals surface area contributed by atoms with E-state index >= 15 is 0 Å². The van der Waals surface area contributed by atoms with Crippen molar-refractivity contribution in [2.75, 3.05) is 21.3 Å². The number of methoxy groups -OCH3 is 3. The summed E-state index contributed by atoms with van der Waals surface area (Å²) in [6, 6.07) is 9.04. The first-order chi connectivity index (χ1) is 13.6. The van der Waals surface area contributed by atoms with Crippen LogP contribution < -0.4 is 19.5 Å². The van der Waals surface area contributed by atoms with Crippen molar-refractivity contribution in [3.8, 4) is 17.2 Å². The monoisotopic (exact) mass is 401 g/mol. The van der Waals surface area contributed by atoms with Crippen LogP contribution in [-0.2, 0) is 11.3 Å². The molecule has 0 aliphatic rings. The molecule has 146 valence electrons. The molecule has 0 saturated carbocycles. The van der Waals surface area contributed by atoms with Gasteiger partial charge in [-0.3, -0.25) is 9.20 Å². The van der Waals surface area contributed by atoms with Crippen molar-refractivity contribution in [1.29, 1.82) is 0 Å². The van der Waals surface area contributed by atoms with Gasteiger partial charge in [0.2, 0.25) is 5.91 Å². The maximum atomic E-state index is 12.3. The molecular weight excluding hydrogens is 382 g/mol. The smallest absolute Gasteiger partial charge is 0.244 e. The minimum Gasteiger partial charge on any atom is -0.496 e. The molecule has 0 radical (unpaired) electrons. The lowest BCUT2D eigenvalue weighted by molar-refractivity contribution is -0.116. The van der Waals surface area contributed by atoms with Crippen LogP contribution in [0.4, 0.5) is 0 Å². The first-order valence-corrected chi connectivity index (χ1v) is 8.82. The number of carbonyl (C=O) groups is 1. The summed E-state index contributed by atoms with van der Waals surface area (Å²) in [7, 11) is 4.66. The predicted molar refractivity (Wildman–Crippen MR) is 107 cm³/mol. The summed E-state index contributed by atoms with van der Waals surface area (Å²) >= 11 is 6.17. The highest BCUT2D eigenvalue weighted by atomic mass is 35.5. The van der Waals surface area contributed by atoms with Crippen LogP contribution in [0.5, 0.6) is 17.2 Å². The molecule has 28 heavy (non-hydrogen) atoms. The van der Waals surface area contributed by atoms with E-state index < -0.39 is 0 Å². The summed E-state index contributed by atoms with van der Waals surface area (Å²) in [5.74, 6) is 1.43. The number of nitrogens with one attached hydrogen (secondary N) is 1. The molecule has 1 N–H and O–H groups in total. The number of halogens is 1. The number of imidazole rings is 1. The van der Waals surface area contributed by atoms with Crippen molar-refractivity contribution in [2.24, 2.45) is 0 Å². The van der Waals surface area contributed by atoms with E-state index in [-0.39, 0.29) is 12.5 Å². The fourth-order valence-electron chi connectivity index (χ4n) is 2.78. The Hall–Kier alpha value is -3.19. The van der Waals surface area contributed by atoms with E-state index in [0.717, 1.165) is 0 Å². The fraction of sp³-hybridized carbons (Fsp3) is 0.200. The van der Waals surface area contributed by atoms with Gasteiger partial charge in [0, 0.05) is 24.4 Å². The topological polar surface area (TPSA) is 74.1 Å². The number of aromatic nitrogens is 2. The number of ether oxygens (including phenoxy) is 3. The predicted octanol–water partition coefficient (Wildman–Crippen LogP) is 3.34. The van der Waals surface area contributed by atoms with Crippen LogP contribution in [0.15, 0.2) is 42.6 Å². The number of amides is 1. The quantitative estimate of drug-likeness (QED) is 0.614. The number of pyridine rings is 1. The van der Waals surface area contributed by atoms with E-state index in [1.54, 1.807) is 39.5 Å². The lowest BCUT2D eigenvalue weighted by Crippen LogP contribution is -2.21. The standard InChI is InChI=1S/C20H20ClN3O4/c1-26-13-10-16(27-2)14(17(11-13)28-3)12-22-19(25)8-7-15-20(21)23-18-6-4-5-9-24(15)18/h4-11H,12H2,1-3H3,(H,22,25). The normalized spacial score (nSPS) is 11.0. The second-order valence-electron chi connectivity index (χ2n) is 5.78. The minimum absolute atomic E-state index is 0.223. The molecule has 7 nitrogen and oxygen atoms in total. The Kier molecular flexibility index (Phi) is 6.06. The molecule has 0 saturated heterocycles. The highest BCUT2D eigenvalue weighted by Gasteiger charge is 2.14. The van der Waals surface area contributed by atoms with Crippen molar-refractivity contribution in [1.82, 2.24) is 14.7 Å². The summed E-state index contributed by atoms with van der Waals surface area (Å²) < 4.78 is 17.8. The van der Waals surface area contributed by atoms with E-state index in [2.05, 4.69) is 10.3 Å². The number of hydrogen-bond acceptors (Lipinski definition) is 5. The van der Waals surface area contributed by atoms with Crippen molar-refractivity contribution in [3.05, 3.63) is 59.0 Å². The van der Waals surface area contributed by atoms with Crippen molar-refractivity contribution in [3.63, 3.8) is 0 Å². The molecule has 3 aromatic rings. The van der Waals surface area contributed by atoms with Crippen molar-refractivity contribution in [2.45, 2.75) is 6.54 Å². The molecule has 3 rings (SSSR count). The van der Waals surface area contributed by atoms with Gasteiger partial charge in [0.25, 0.3) is 0 Å². The molecule has 0 fully saturated rings. The van der Waals surface area contributed by atoms with Gasteiger partial charge in [-0.05, 0) is 18.2 Å². The Balaban J connectivity index is 1.75. The number of hydrogen-bond donors (Lipinski definition) is 1. The van der Waals surface area contributed by atoms with Gasteiger partial charge in [-0.15, -0.1) is 0 Å². The zero-order chi connectivity index (χ0) is 20.1. The molecule has 0 atom stereocenters. The van der Waals surface area contributed by atoms with Gasteiger partial charge in [-0.25, -0.2) is 4.98 Å². The molecule has 0 unspecified atom stereocenters. The lowest BCUT2D eigenvalue weighted by atomic mass is 10.1. The van der Waals surface area contributed by atoms with Crippen LogP contribution in [-0.4, -0.2) is 36.6 Å². The first kappa shape index (κ1) is 19.6. The zero-order valence-corrected chi connectivity index (χ0v) is 16.5. The van der Waals surface area contributed by atoms with Crippen molar-refractivity contribution >= 4 is 29.2 Å². The molecule has 0 aliphatic heterocycles. The number of carbonyl (C=O) groups excluding carboxylic acids is 1. The highest BCUT2D eigenvalue weighted by Crippen LogP contribution is 2.33. The fourth-order valence-corrected chi connectivity index (χ4v) is 3.02. The van der Waals surface area contributed by atoms with E-state index in [1.165, 1.54) is 6.08 Å². The second-order valence-corrected chi connectivity index (χ2v) is 6.14. The molecule has 0 spiro atoms. The molecule has 0 bridgehead atoms. The molecule has 1 amide bonds. The van der Waals surface area contributed by atoms with Gasteiger partial charge in [0.05, 0.1) is 39.1 Å². The molecule has 0 aliphatic carbocycles. The molecular formula is C20H20ClN3O4. The largest absolute Gasteiger partial charge is 0.496 e. The van der Waals surface area contributed by atoms with E-state index in [9.17, 15) is 4.79 Å². The second kappa shape index (κ2) is 8.67. The van der Waals surface area contributed by atoms with E-state index in [0.29, 0.717) is 39.3 Å². The molecule has 2 heterocycles. The Morgan fingerprint density at radius 3 is 2.54 bits per heavy atom. The van der Waals surface area contributed by atoms with Crippen LogP contribution in [0.25, 0.3) is 11.7 Å². The maximum Gasteiger partial charge on any atom is 0.244 e. The van der Waals surface area contributed by atoms with Crippen LogP contribution in [0.3, 0.4) is 0 Å². The van der Waals surface area contributed by atoms with E-state index in [1.807, 2.05) is 28.8 Å². The van der Waals surface area contributed by atoms with Crippen LogP contribution in [0, 0.1) is 0 Å². The van der Waals surface area contributed by atoms with Crippen molar-refractivity contribution < 1.29 is 19.0 Å². The maximum absolute atomic E-state index is 12.3. The summed E-state index contributed by atoms with van der Waals surface area (Å²) in [6.45, 7) is 0.223. The van der Waals surface area contributed by atoms with Gasteiger partial charge in [-0.1, -0.05) is 17.7 Å². The van der Waals surface area contributed by atoms with Gasteiger partial charge in [-0.2, -0.15) is 0 Å². The average molecular weight is 402 g/mol. The molecule has 8 heteroatoms. The lowest BCUT2D eigenvalue weighted by Gasteiger charge is -2.15. The van der Waals surface area contributed by atoms with E-state index in [4.69, 9.17) is 25.8 Å². The SMILES string of the molecule is COc1cc(OC)c(CNC(=O)C=Cc2c(Cl)nc3ccccn23)c(OC)c1. The third kappa shape index (κ3) is 4.04. The van der Waals surface area contributed by atoms with Gasteiger partial charge in [0.15, 0.2) is 5.15 Å². The number of fused-ring (bicyclic) bond motifs is 1. The summed E-state index contributed by atoms with van der Waals surface area (Å²) in [6.07, 6.45) is 4.86. The number of nitrogens with zero attached hydrogens (tertiary/aromatic N) is 2. The Labute approximate surface area is 167 Å². The summed E-state index contributed by atoms with van der Waals surface area (Å²) in [5.41, 5.74) is 2.05. The average Bonchev–Trinajstić information content (AvgIpc) is 3.04. The Bertz CT molecular complexity index is 1000. The van der Waals surface area contributed by atoms with Crippen LogP contribution >= 0.6 is 11.6 Å². The summed E-state index contributed by atoms with van der Waals surface area (Å²) in [5, 5.41) is 3.14. The Morgan fingerprint density at radius 1 is 1.18 bits per heavy atom. The van der Waals surface area contributed by atoms with Gasteiger partial charge >= 0.3 is 0 Å². The number of benzene rings is 1. The zero-order valence-electron chi connectivity index (χ0n) is 15.7. The molecule has 1 aromatic carbocycles. The van der Waals surface area contributed by atoms with Crippen LogP contribution in [0.1, 0.15) is 11.3 Å². The third-order valence-corrected chi connectivity index (χ3v) is 4.45. The third-order valence-electron chi connectivity index (χ3n) is 4.17.